The molecule has 9 heteroatoms. The zero-order valence-electron chi connectivity index (χ0n) is 14.8. The zero-order valence-corrected chi connectivity index (χ0v) is 14.8. The normalized spacial score (nSPS) is 13.9. The van der Waals surface area contributed by atoms with Crippen LogP contribution in [0.1, 0.15) is 18.7 Å². The molecule has 1 aromatic heterocycles. The molecule has 0 saturated carbocycles. The van der Waals surface area contributed by atoms with E-state index in [1.807, 2.05) is 36.4 Å². The summed E-state index contributed by atoms with van der Waals surface area (Å²) in [6.07, 6.45) is 0.412. The molecule has 0 radical (unpaired) electrons. The van der Waals surface area contributed by atoms with Gasteiger partial charge in [0.15, 0.2) is 12.4 Å². The number of para-hydroxylation sites is 2. The number of rotatable bonds is 5. The first-order valence-corrected chi connectivity index (χ1v) is 8.67. The number of hydrogen-bond donors (Lipinski definition) is 0. The second kappa shape index (κ2) is 7.78. The summed E-state index contributed by atoms with van der Waals surface area (Å²) in [6.45, 7) is -0.112. The maximum Gasteiger partial charge on any atom is 0.354 e. The fourth-order valence-corrected chi connectivity index (χ4v) is 2.75. The van der Waals surface area contributed by atoms with Gasteiger partial charge in [-0.15, -0.1) is 5.10 Å². The van der Waals surface area contributed by atoms with E-state index in [-0.39, 0.29) is 31.1 Å². The summed E-state index contributed by atoms with van der Waals surface area (Å²) in [5, 5.41) is 16.9. The molecule has 9 nitrogen and oxygen atoms in total. The number of esters is 1. The molecule has 28 heavy (non-hydrogen) atoms. The van der Waals surface area contributed by atoms with Crippen LogP contribution in [0, 0.1) is 0 Å². The largest absolute Gasteiger partial charge is 0.453 e. The highest BCUT2D eigenvalue weighted by Gasteiger charge is 2.26. The molecule has 0 N–H and O–H groups in total. The van der Waals surface area contributed by atoms with Gasteiger partial charge in [-0.25, -0.2) is 9.80 Å². The lowest BCUT2D eigenvalue weighted by Gasteiger charge is -2.22. The number of anilines is 1. The number of hydrogen-bond acceptors (Lipinski definition) is 7. The lowest BCUT2D eigenvalue weighted by molar-refractivity contribution is -0.137. The van der Waals surface area contributed by atoms with Gasteiger partial charge in [-0.05, 0) is 34.7 Å². The Bertz CT molecular complexity index is 1020. The van der Waals surface area contributed by atoms with Gasteiger partial charge < -0.3 is 4.74 Å². The van der Waals surface area contributed by atoms with Gasteiger partial charge in [-0.3, -0.25) is 4.79 Å². The van der Waals surface area contributed by atoms with Crippen LogP contribution >= 0.6 is 0 Å². The van der Waals surface area contributed by atoms with Crippen LogP contribution in [0.4, 0.5) is 5.69 Å². The third-order valence-electron chi connectivity index (χ3n) is 4.14. The van der Waals surface area contributed by atoms with Crippen molar-refractivity contribution in [3.63, 3.8) is 0 Å². The Morgan fingerprint density at radius 2 is 1.64 bits per heavy atom. The van der Waals surface area contributed by atoms with Crippen molar-refractivity contribution in [3.8, 4) is 5.69 Å². The van der Waals surface area contributed by atoms with Gasteiger partial charge in [0.1, 0.15) is 5.71 Å². The number of nitrogens with zero attached hydrogens (tertiary/aromatic N) is 6. The molecule has 2 aromatic carbocycles. The van der Waals surface area contributed by atoms with E-state index < -0.39 is 5.97 Å². The molecule has 0 unspecified atom stereocenters. The van der Waals surface area contributed by atoms with E-state index in [0.29, 0.717) is 11.5 Å². The van der Waals surface area contributed by atoms with Crippen molar-refractivity contribution in [2.45, 2.75) is 19.4 Å². The topological polar surface area (TPSA) is 103 Å². The number of hydrazone groups is 1. The van der Waals surface area contributed by atoms with Gasteiger partial charge in [0.2, 0.25) is 5.91 Å². The summed E-state index contributed by atoms with van der Waals surface area (Å²) in [6, 6.07) is 18.2. The fourth-order valence-electron chi connectivity index (χ4n) is 2.75. The van der Waals surface area contributed by atoms with Gasteiger partial charge in [0.05, 0.1) is 11.4 Å². The van der Waals surface area contributed by atoms with Crippen LogP contribution in [0.5, 0.6) is 0 Å². The number of ether oxygens (including phenoxy) is 1. The number of aromatic nitrogens is 4. The molecule has 2 heterocycles. The summed E-state index contributed by atoms with van der Waals surface area (Å²) in [7, 11) is 0. The summed E-state index contributed by atoms with van der Waals surface area (Å²) < 4.78 is 6.83. The van der Waals surface area contributed by atoms with Crippen molar-refractivity contribution in [3.05, 3.63) is 66.5 Å². The molecular formula is C19H16N6O3. The van der Waals surface area contributed by atoms with Gasteiger partial charge >= 0.3 is 5.97 Å². The van der Waals surface area contributed by atoms with Crippen molar-refractivity contribution in [2.75, 3.05) is 5.01 Å². The molecule has 0 spiro atoms. The minimum atomic E-state index is -0.601. The van der Waals surface area contributed by atoms with Crippen LogP contribution < -0.4 is 5.01 Å². The van der Waals surface area contributed by atoms with Crippen molar-refractivity contribution in [1.29, 1.82) is 0 Å². The molecule has 0 bridgehead atoms. The van der Waals surface area contributed by atoms with Crippen molar-refractivity contribution < 1.29 is 14.3 Å². The molecule has 1 amide bonds. The summed E-state index contributed by atoms with van der Waals surface area (Å²) in [4.78, 5) is 24.6. The summed E-state index contributed by atoms with van der Waals surface area (Å²) in [5.41, 5.74) is 1.54. The minimum Gasteiger partial charge on any atom is -0.453 e. The highest BCUT2D eigenvalue weighted by atomic mass is 16.5. The number of carbonyl (C=O) groups excluding carboxylic acids is 2. The first kappa shape index (κ1) is 17.5. The smallest absolute Gasteiger partial charge is 0.354 e. The Kier molecular flexibility index (Phi) is 4.87. The Labute approximate surface area is 160 Å². The molecule has 0 fully saturated rings. The van der Waals surface area contributed by atoms with E-state index in [1.165, 1.54) is 9.69 Å². The predicted molar refractivity (Wildman–Crippen MR) is 99.5 cm³/mol. The maximum absolute atomic E-state index is 12.5. The maximum atomic E-state index is 12.5. The lowest BCUT2D eigenvalue weighted by Crippen LogP contribution is -2.35. The van der Waals surface area contributed by atoms with E-state index in [2.05, 4.69) is 20.6 Å². The summed E-state index contributed by atoms with van der Waals surface area (Å²) >= 11 is 0. The highest BCUT2D eigenvalue weighted by molar-refractivity contribution is 6.37. The van der Waals surface area contributed by atoms with Crippen LogP contribution in [-0.2, 0) is 20.9 Å². The third-order valence-corrected chi connectivity index (χ3v) is 4.14. The van der Waals surface area contributed by atoms with E-state index in [1.54, 1.807) is 24.3 Å². The number of amides is 1. The van der Waals surface area contributed by atoms with Crippen molar-refractivity contribution >= 4 is 23.3 Å². The average Bonchev–Trinajstić information content (AvgIpc) is 3.22. The molecule has 0 atom stereocenters. The molecule has 3 aromatic rings. The van der Waals surface area contributed by atoms with E-state index >= 15 is 0 Å². The van der Waals surface area contributed by atoms with Crippen LogP contribution in [-0.4, -0.2) is 37.8 Å². The first-order chi connectivity index (χ1) is 13.7. The Balaban J connectivity index is 1.47. The van der Waals surface area contributed by atoms with Gasteiger partial charge in [-0.1, -0.05) is 36.4 Å². The quantitative estimate of drug-likeness (QED) is 0.630. The lowest BCUT2D eigenvalue weighted by atomic mass is 10.1. The van der Waals surface area contributed by atoms with Gasteiger partial charge in [-0.2, -0.15) is 9.78 Å². The highest BCUT2D eigenvalue weighted by Crippen LogP contribution is 2.20. The second-order valence-electron chi connectivity index (χ2n) is 6.01. The standard InChI is InChI=1S/C19H16N6O3/c26-18-12-11-16(21-25(18)15-9-5-2-6-10-15)19(27)28-13-17-20-22-23-24(17)14-7-3-1-4-8-14/h1-10H,11-13H2. The molecule has 0 saturated heterocycles. The van der Waals surface area contributed by atoms with Crippen LogP contribution in [0.2, 0.25) is 0 Å². The van der Waals surface area contributed by atoms with E-state index in [4.69, 9.17) is 4.74 Å². The summed E-state index contributed by atoms with van der Waals surface area (Å²) in [5.74, 6) is -0.390. The Hall–Kier alpha value is -3.88. The number of benzene rings is 2. The van der Waals surface area contributed by atoms with Gasteiger partial charge in [0, 0.05) is 12.8 Å². The van der Waals surface area contributed by atoms with Crippen molar-refractivity contribution in [1.82, 2.24) is 20.2 Å². The monoisotopic (exact) mass is 376 g/mol. The third kappa shape index (κ3) is 3.63. The van der Waals surface area contributed by atoms with Crippen LogP contribution in [0.15, 0.2) is 65.8 Å². The van der Waals surface area contributed by atoms with E-state index in [0.717, 1.165) is 5.69 Å². The molecule has 4 rings (SSSR count). The first-order valence-electron chi connectivity index (χ1n) is 8.67. The van der Waals surface area contributed by atoms with Crippen molar-refractivity contribution in [2.24, 2.45) is 5.10 Å². The number of carbonyl (C=O) groups is 2. The fraction of sp³-hybridized carbons (Fsp3) is 0.158. The predicted octanol–water partition coefficient (Wildman–Crippen LogP) is 1.89. The Morgan fingerprint density at radius 1 is 0.964 bits per heavy atom. The SMILES string of the molecule is O=C(OCc1nnnn1-c1ccccc1)C1=NN(c2ccccc2)C(=O)CC1. The van der Waals surface area contributed by atoms with Crippen LogP contribution in [0.3, 0.4) is 0 Å². The average molecular weight is 376 g/mol. The minimum absolute atomic E-state index is 0.112. The van der Waals surface area contributed by atoms with Gasteiger partial charge in [0.25, 0.3) is 0 Å². The van der Waals surface area contributed by atoms with Crippen LogP contribution in [0.25, 0.3) is 5.69 Å². The Morgan fingerprint density at radius 3 is 2.36 bits per heavy atom. The molecular weight excluding hydrogens is 360 g/mol. The zero-order chi connectivity index (χ0) is 19.3. The van der Waals surface area contributed by atoms with E-state index in [9.17, 15) is 9.59 Å². The number of tetrazole rings is 1. The second-order valence-corrected chi connectivity index (χ2v) is 6.01. The molecule has 1 aliphatic heterocycles. The molecule has 1 aliphatic rings. The molecule has 140 valence electrons. The molecule has 0 aliphatic carbocycles.